The SMILES string of the molecule is Cc1ccc(C(=O)Nc2ccc(-c3cn4ccccc4n3)cc2)cn1. The first-order chi connectivity index (χ1) is 12.2. The molecule has 3 aromatic heterocycles. The lowest BCUT2D eigenvalue weighted by Crippen LogP contribution is -2.12. The Hall–Kier alpha value is -3.47. The van der Waals surface area contributed by atoms with E-state index in [0.717, 1.165) is 28.3 Å². The lowest BCUT2D eigenvalue weighted by Gasteiger charge is -2.06. The van der Waals surface area contributed by atoms with E-state index in [2.05, 4.69) is 15.3 Å². The molecule has 0 aliphatic rings. The first kappa shape index (κ1) is 15.1. The van der Waals surface area contributed by atoms with Gasteiger partial charge >= 0.3 is 0 Å². The summed E-state index contributed by atoms with van der Waals surface area (Å²) in [5, 5.41) is 2.88. The van der Waals surface area contributed by atoms with Crippen LogP contribution in [0.25, 0.3) is 16.9 Å². The van der Waals surface area contributed by atoms with Gasteiger partial charge in [-0.3, -0.25) is 9.78 Å². The van der Waals surface area contributed by atoms with Gasteiger partial charge < -0.3 is 9.72 Å². The van der Waals surface area contributed by atoms with Crippen molar-refractivity contribution in [2.45, 2.75) is 6.92 Å². The molecule has 0 spiro atoms. The first-order valence-electron chi connectivity index (χ1n) is 7.97. The van der Waals surface area contributed by atoms with Crippen molar-refractivity contribution in [1.82, 2.24) is 14.4 Å². The van der Waals surface area contributed by atoms with Gasteiger partial charge in [-0.1, -0.05) is 18.2 Å². The Kier molecular flexibility index (Phi) is 3.74. The van der Waals surface area contributed by atoms with Crippen molar-refractivity contribution < 1.29 is 4.79 Å². The molecule has 0 fully saturated rings. The number of carbonyl (C=O) groups excluding carboxylic acids is 1. The Balaban J connectivity index is 1.53. The van der Waals surface area contributed by atoms with Gasteiger partial charge in [0.25, 0.3) is 5.91 Å². The van der Waals surface area contributed by atoms with Crippen LogP contribution in [0.4, 0.5) is 5.69 Å². The number of aryl methyl sites for hydroxylation is 1. The third-order valence-corrected chi connectivity index (χ3v) is 3.98. The van der Waals surface area contributed by atoms with Crippen LogP contribution in [0.3, 0.4) is 0 Å². The second-order valence-corrected chi connectivity index (χ2v) is 5.81. The zero-order chi connectivity index (χ0) is 17.2. The van der Waals surface area contributed by atoms with Gasteiger partial charge in [0.1, 0.15) is 5.65 Å². The summed E-state index contributed by atoms with van der Waals surface area (Å²) in [6.45, 7) is 1.89. The Morgan fingerprint density at radius 1 is 1.04 bits per heavy atom. The number of benzene rings is 1. The van der Waals surface area contributed by atoms with E-state index < -0.39 is 0 Å². The van der Waals surface area contributed by atoms with Crippen LogP contribution in [0.15, 0.2) is 73.2 Å². The number of carbonyl (C=O) groups is 1. The number of aromatic nitrogens is 3. The van der Waals surface area contributed by atoms with Crippen molar-refractivity contribution in [2.24, 2.45) is 0 Å². The molecule has 0 radical (unpaired) electrons. The highest BCUT2D eigenvalue weighted by atomic mass is 16.1. The zero-order valence-corrected chi connectivity index (χ0v) is 13.7. The maximum absolute atomic E-state index is 12.2. The van der Waals surface area contributed by atoms with Crippen molar-refractivity contribution >= 4 is 17.2 Å². The molecular weight excluding hydrogens is 312 g/mol. The molecule has 0 aliphatic carbocycles. The first-order valence-corrected chi connectivity index (χ1v) is 7.97. The Labute approximate surface area is 145 Å². The van der Waals surface area contributed by atoms with E-state index in [1.165, 1.54) is 0 Å². The van der Waals surface area contributed by atoms with Crippen LogP contribution in [0.5, 0.6) is 0 Å². The summed E-state index contributed by atoms with van der Waals surface area (Å²) in [7, 11) is 0. The molecule has 0 saturated carbocycles. The van der Waals surface area contributed by atoms with E-state index in [1.807, 2.05) is 72.2 Å². The third kappa shape index (κ3) is 3.12. The van der Waals surface area contributed by atoms with Gasteiger partial charge in [-0.2, -0.15) is 0 Å². The largest absolute Gasteiger partial charge is 0.322 e. The lowest BCUT2D eigenvalue weighted by molar-refractivity contribution is 0.102. The molecule has 1 aromatic carbocycles. The minimum Gasteiger partial charge on any atom is -0.322 e. The molecule has 4 aromatic rings. The van der Waals surface area contributed by atoms with Crippen molar-refractivity contribution in [3.63, 3.8) is 0 Å². The van der Waals surface area contributed by atoms with E-state index >= 15 is 0 Å². The summed E-state index contributed by atoms with van der Waals surface area (Å²) in [4.78, 5) is 21.0. The van der Waals surface area contributed by atoms with Gasteiger partial charge in [-0.05, 0) is 43.3 Å². The van der Waals surface area contributed by atoms with Crippen molar-refractivity contribution in [3.05, 3.63) is 84.4 Å². The molecular formula is C20H16N4O. The molecule has 0 aliphatic heterocycles. The van der Waals surface area contributed by atoms with Crippen LogP contribution in [0, 0.1) is 6.92 Å². The molecule has 0 atom stereocenters. The van der Waals surface area contributed by atoms with Crippen LogP contribution >= 0.6 is 0 Å². The molecule has 0 unspecified atom stereocenters. The van der Waals surface area contributed by atoms with Crippen molar-refractivity contribution in [2.75, 3.05) is 5.32 Å². The fourth-order valence-corrected chi connectivity index (χ4v) is 2.60. The standard InChI is InChI=1S/C20H16N4O/c1-14-5-6-16(12-21-14)20(25)22-17-9-7-15(8-10-17)18-13-24-11-3-2-4-19(24)23-18/h2-13H,1H3,(H,22,25). The van der Waals surface area contributed by atoms with E-state index in [4.69, 9.17) is 0 Å². The van der Waals surface area contributed by atoms with Gasteiger partial charge in [0.05, 0.1) is 11.3 Å². The summed E-state index contributed by atoms with van der Waals surface area (Å²) in [5.41, 5.74) is 4.95. The van der Waals surface area contributed by atoms with Gasteiger partial charge in [0, 0.05) is 35.5 Å². The van der Waals surface area contributed by atoms with Crippen LogP contribution in [0.1, 0.15) is 16.1 Å². The molecule has 122 valence electrons. The molecule has 0 saturated heterocycles. The summed E-state index contributed by atoms with van der Waals surface area (Å²) in [6.07, 6.45) is 5.53. The van der Waals surface area contributed by atoms with Crippen LogP contribution in [0.2, 0.25) is 0 Å². The monoisotopic (exact) mass is 328 g/mol. The van der Waals surface area contributed by atoms with E-state index in [9.17, 15) is 4.79 Å². The Morgan fingerprint density at radius 2 is 1.88 bits per heavy atom. The number of hydrogen-bond acceptors (Lipinski definition) is 3. The predicted octanol–water partition coefficient (Wildman–Crippen LogP) is 3.96. The number of hydrogen-bond donors (Lipinski definition) is 1. The fourth-order valence-electron chi connectivity index (χ4n) is 2.60. The minimum absolute atomic E-state index is 0.173. The average Bonchev–Trinajstić information content (AvgIpc) is 3.07. The normalized spacial score (nSPS) is 10.8. The van der Waals surface area contributed by atoms with Crippen LogP contribution in [-0.4, -0.2) is 20.3 Å². The Morgan fingerprint density at radius 3 is 2.60 bits per heavy atom. The van der Waals surface area contributed by atoms with Crippen molar-refractivity contribution in [1.29, 1.82) is 0 Å². The molecule has 0 bridgehead atoms. The summed E-state index contributed by atoms with van der Waals surface area (Å²) in [6, 6.07) is 17.1. The zero-order valence-electron chi connectivity index (χ0n) is 13.7. The predicted molar refractivity (Wildman–Crippen MR) is 97.6 cm³/mol. The van der Waals surface area contributed by atoms with E-state index in [-0.39, 0.29) is 5.91 Å². The number of rotatable bonds is 3. The number of fused-ring (bicyclic) bond motifs is 1. The molecule has 3 heterocycles. The molecule has 4 rings (SSSR count). The minimum atomic E-state index is -0.173. The van der Waals surface area contributed by atoms with Gasteiger partial charge in [0.15, 0.2) is 0 Å². The van der Waals surface area contributed by atoms with Crippen LogP contribution in [-0.2, 0) is 0 Å². The maximum Gasteiger partial charge on any atom is 0.257 e. The highest BCUT2D eigenvalue weighted by Gasteiger charge is 2.08. The lowest BCUT2D eigenvalue weighted by atomic mass is 10.1. The fraction of sp³-hybridized carbons (Fsp3) is 0.0500. The number of nitrogens with zero attached hydrogens (tertiary/aromatic N) is 3. The number of imidazole rings is 1. The topological polar surface area (TPSA) is 59.3 Å². The van der Waals surface area contributed by atoms with Crippen LogP contribution < -0.4 is 5.32 Å². The molecule has 25 heavy (non-hydrogen) atoms. The number of anilines is 1. The third-order valence-electron chi connectivity index (χ3n) is 3.98. The summed E-state index contributed by atoms with van der Waals surface area (Å²) in [5.74, 6) is -0.173. The maximum atomic E-state index is 12.2. The van der Waals surface area contributed by atoms with E-state index in [0.29, 0.717) is 5.56 Å². The number of amides is 1. The second kappa shape index (κ2) is 6.20. The highest BCUT2D eigenvalue weighted by molar-refractivity contribution is 6.04. The molecule has 5 heteroatoms. The van der Waals surface area contributed by atoms with E-state index in [1.54, 1.807) is 12.3 Å². The second-order valence-electron chi connectivity index (χ2n) is 5.81. The summed E-state index contributed by atoms with van der Waals surface area (Å²) < 4.78 is 1.98. The van der Waals surface area contributed by atoms with Gasteiger partial charge in [-0.15, -0.1) is 0 Å². The quantitative estimate of drug-likeness (QED) is 0.619. The smallest absolute Gasteiger partial charge is 0.257 e. The number of pyridine rings is 2. The molecule has 1 N–H and O–H groups in total. The number of nitrogens with one attached hydrogen (secondary N) is 1. The molecule has 5 nitrogen and oxygen atoms in total. The Bertz CT molecular complexity index is 1000. The summed E-state index contributed by atoms with van der Waals surface area (Å²) >= 11 is 0. The van der Waals surface area contributed by atoms with Gasteiger partial charge in [-0.25, -0.2) is 4.98 Å². The van der Waals surface area contributed by atoms with Gasteiger partial charge in [0.2, 0.25) is 0 Å². The highest BCUT2D eigenvalue weighted by Crippen LogP contribution is 2.21. The van der Waals surface area contributed by atoms with Crippen molar-refractivity contribution in [3.8, 4) is 11.3 Å². The molecule has 1 amide bonds. The average molecular weight is 328 g/mol.